The van der Waals surface area contributed by atoms with E-state index in [9.17, 15) is 4.79 Å². The van der Waals surface area contributed by atoms with Crippen LogP contribution in [0.15, 0.2) is 0 Å². The molecule has 0 aromatic carbocycles. The summed E-state index contributed by atoms with van der Waals surface area (Å²) in [7, 11) is 4.14. The van der Waals surface area contributed by atoms with Gasteiger partial charge in [0, 0.05) is 25.2 Å². The summed E-state index contributed by atoms with van der Waals surface area (Å²) in [5.41, 5.74) is 0.0659. The lowest BCUT2D eigenvalue weighted by molar-refractivity contribution is -0.134. The van der Waals surface area contributed by atoms with E-state index in [-0.39, 0.29) is 17.5 Å². The Balaban J connectivity index is 2.40. The zero-order valence-corrected chi connectivity index (χ0v) is 12.6. The molecule has 0 saturated carbocycles. The molecule has 1 unspecified atom stereocenters. The van der Waals surface area contributed by atoms with Crippen molar-refractivity contribution < 1.29 is 4.79 Å². The quantitative estimate of drug-likeness (QED) is 0.805. The van der Waals surface area contributed by atoms with Gasteiger partial charge < -0.3 is 15.1 Å². The molecular formula is C14H29N3O. The van der Waals surface area contributed by atoms with Crippen LogP contribution in [0, 0.1) is 0 Å². The summed E-state index contributed by atoms with van der Waals surface area (Å²) in [6.07, 6.45) is 3.57. The van der Waals surface area contributed by atoms with E-state index in [1.165, 1.54) is 6.42 Å². The molecule has 18 heavy (non-hydrogen) atoms. The van der Waals surface area contributed by atoms with Gasteiger partial charge in [-0.15, -0.1) is 0 Å². The Morgan fingerprint density at radius 2 is 1.83 bits per heavy atom. The molecule has 0 radical (unpaired) electrons. The number of carbonyl (C=O) groups is 1. The van der Waals surface area contributed by atoms with Crippen molar-refractivity contribution >= 4 is 5.91 Å². The maximum atomic E-state index is 12.2. The van der Waals surface area contributed by atoms with E-state index in [0.29, 0.717) is 0 Å². The number of amides is 1. The Hall–Kier alpha value is -0.610. The molecule has 0 spiro atoms. The van der Waals surface area contributed by atoms with Crippen LogP contribution in [0.1, 0.15) is 40.0 Å². The summed E-state index contributed by atoms with van der Waals surface area (Å²) < 4.78 is 0. The number of rotatable bonds is 5. The molecule has 0 aromatic heterocycles. The van der Waals surface area contributed by atoms with E-state index in [1.807, 2.05) is 11.8 Å². The number of likely N-dealkylation sites (N-methyl/N-ethyl adjacent to an activating group) is 1. The SMILES string of the molecule is CC(NCC(C)(C)N(C)C)C(=O)N1CCCCC1. The first-order chi connectivity index (χ1) is 8.34. The molecule has 0 aromatic rings. The first-order valence-corrected chi connectivity index (χ1v) is 7.04. The first-order valence-electron chi connectivity index (χ1n) is 7.04. The van der Waals surface area contributed by atoms with Gasteiger partial charge >= 0.3 is 0 Å². The van der Waals surface area contributed by atoms with Gasteiger partial charge in [-0.3, -0.25) is 4.79 Å². The average Bonchev–Trinajstić information content (AvgIpc) is 2.36. The van der Waals surface area contributed by atoms with Crippen LogP contribution in [-0.2, 0) is 4.79 Å². The van der Waals surface area contributed by atoms with Gasteiger partial charge in [0.25, 0.3) is 0 Å². The van der Waals surface area contributed by atoms with E-state index in [4.69, 9.17) is 0 Å². The highest BCUT2D eigenvalue weighted by atomic mass is 16.2. The lowest BCUT2D eigenvalue weighted by Gasteiger charge is -2.35. The molecule has 106 valence electrons. The van der Waals surface area contributed by atoms with Gasteiger partial charge in [0.05, 0.1) is 6.04 Å². The minimum absolute atomic E-state index is 0.0659. The van der Waals surface area contributed by atoms with E-state index in [1.54, 1.807) is 0 Å². The molecule has 4 nitrogen and oxygen atoms in total. The summed E-state index contributed by atoms with van der Waals surface area (Å²) in [5, 5.41) is 3.37. The van der Waals surface area contributed by atoms with Gasteiger partial charge in [0.2, 0.25) is 5.91 Å². The largest absolute Gasteiger partial charge is 0.341 e. The second kappa shape index (κ2) is 6.53. The summed E-state index contributed by atoms with van der Waals surface area (Å²) in [6, 6.07) is -0.0812. The van der Waals surface area contributed by atoms with Crippen LogP contribution in [0.4, 0.5) is 0 Å². The van der Waals surface area contributed by atoms with Crippen molar-refractivity contribution in [3.8, 4) is 0 Å². The minimum atomic E-state index is -0.0812. The first kappa shape index (κ1) is 15.4. The highest BCUT2D eigenvalue weighted by Gasteiger charge is 2.25. The van der Waals surface area contributed by atoms with Crippen LogP contribution in [0.25, 0.3) is 0 Å². The second-order valence-electron chi connectivity index (χ2n) is 6.20. The molecule has 1 amide bonds. The monoisotopic (exact) mass is 255 g/mol. The molecule has 1 heterocycles. The van der Waals surface area contributed by atoms with E-state index < -0.39 is 0 Å². The highest BCUT2D eigenvalue weighted by molar-refractivity contribution is 5.81. The standard InChI is InChI=1S/C14H29N3O/c1-12(15-11-14(2,3)16(4)5)13(18)17-9-7-6-8-10-17/h12,15H,6-11H2,1-5H3. The summed E-state index contributed by atoms with van der Waals surface area (Å²) in [5.74, 6) is 0.254. The molecular weight excluding hydrogens is 226 g/mol. The molecule has 1 N–H and O–H groups in total. The number of nitrogens with one attached hydrogen (secondary N) is 1. The Morgan fingerprint density at radius 1 is 1.28 bits per heavy atom. The van der Waals surface area contributed by atoms with Crippen molar-refractivity contribution in [2.45, 2.75) is 51.6 Å². The third-order valence-electron chi connectivity index (χ3n) is 4.09. The molecule has 0 aliphatic carbocycles. The normalized spacial score (nSPS) is 19.1. The van der Waals surface area contributed by atoms with E-state index in [0.717, 1.165) is 32.5 Å². The fraction of sp³-hybridized carbons (Fsp3) is 0.929. The van der Waals surface area contributed by atoms with Crippen molar-refractivity contribution in [1.29, 1.82) is 0 Å². The van der Waals surface area contributed by atoms with Crippen LogP contribution < -0.4 is 5.32 Å². The van der Waals surface area contributed by atoms with Crippen LogP contribution in [-0.4, -0.2) is 61.0 Å². The predicted molar refractivity (Wildman–Crippen MR) is 75.7 cm³/mol. The fourth-order valence-electron chi connectivity index (χ4n) is 2.04. The Morgan fingerprint density at radius 3 is 2.33 bits per heavy atom. The third kappa shape index (κ3) is 4.25. The van der Waals surface area contributed by atoms with Crippen molar-refractivity contribution in [3.63, 3.8) is 0 Å². The van der Waals surface area contributed by atoms with Gasteiger partial charge in [-0.05, 0) is 54.1 Å². The van der Waals surface area contributed by atoms with Gasteiger partial charge in [-0.25, -0.2) is 0 Å². The molecule has 1 rings (SSSR count). The number of hydrogen-bond donors (Lipinski definition) is 1. The van der Waals surface area contributed by atoms with Crippen molar-refractivity contribution in [2.24, 2.45) is 0 Å². The number of carbonyl (C=O) groups excluding carboxylic acids is 1. The molecule has 1 aliphatic rings. The predicted octanol–water partition coefficient (Wildman–Crippen LogP) is 1.32. The molecule has 1 atom stereocenters. The topological polar surface area (TPSA) is 35.6 Å². The average molecular weight is 255 g/mol. The highest BCUT2D eigenvalue weighted by Crippen LogP contribution is 2.11. The minimum Gasteiger partial charge on any atom is -0.341 e. The summed E-state index contributed by atoms with van der Waals surface area (Å²) in [6.45, 7) is 9.02. The van der Waals surface area contributed by atoms with Crippen LogP contribution in [0.2, 0.25) is 0 Å². The maximum Gasteiger partial charge on any atom is 0.239 e. The maximum absolute atomic E-state index is 12.2. The van der Waals surface area contributed by atoms with Gasteiger partial charge in [0.15, 0.2) is 0 Å². The van der Waals surface area contributed by atoms with Crippen LogP contribution in [0.3, 0.4) is 0 Å². The summed E-state index contributed by atoms with van der Waals surface area (Å²) in [4.78, 5) is 16.4. The molecule has 1 aliphatic heterocycles. The molecule has 0 bridgehead atoms. The Bertz CT molecular complexity index is 270. The van der Waals surface area contributed by atoms with E-state index in [2.05, 4.69) is 38.2 Å². The molecule has 1 saturated heterocycles. The number of piperidine rings is 1. The number of hydrogen-bond acceptors (Lipinski definition) is 3. The second-order valence-corrected chi connectivity index (χ2v) is 6.20. The third-order valence-corrected chi connectivity index (χ3v) is 4.09. The van der Waals surface area contributed by atoms with Gasteiger partial charge in [-0.2, -0.15) is 0 Å². The van der Waals surface area contributed by atoms with E-state index >= 15 is 0 Å². The van der Waals surface area contributed by atoms with Crippen LogP contribution >= 0.6 is 0 Å². The molecule has 4 heteroatoms. The van der Waals surface area contributed by atoms with Crippen LogP contribution in [0.5, 0.6) is 0 Å². The Kier molecular flexibility index (Phi) is 5.60. The van der Waals surface area contributed by atoms with Crippen molar-refractivity contribution in [3.05, 3.63) is 0 Å². The lowest BCUT2D eigenvalue weighted by Crippen LogP contribution is -2.53. The Labute approximate surface area is 112 Å². The lowest BCUT2D eigenvalue weighted by atomic mass is 10.0. The fourth-order valence-corrected chi connectivity index (χ4v) is 2.04. The number of nitrogens with zero attached hydrogens (tertiary/aromatic N) is 2. The smallest absolute Gasteiger partial charge is 0.239 e. The molecule has 1 fully saturated rings. The zero-order chi connectivity index (χ0) is 13.8. The van der Waals surface area contributed by atoms with Crippen molar-refractivity contribution in [1.82, 2.24) is 15.1 Å². The van der Waals surface area contributed by atoms with Gasteiger partial charge in [0.1, 0.15) is 0 Å². The zero-order valence-electron chi connectivity index (χ0n) is 12.6. The van der Waals surface area contributed by atoms with Gasteiger partial charge in [-0.1, -0.05) is 0 Å². The number of likely N-dealkylation sites (tertiary alicyclic amines) is 1. The van der Waals surface area contributed by atoms with Crippen molar-refractivity contribution in [2.75, 3.05) is 33.7 Å². The summed E-state index contributed by atoms with van der Waals surface area (Å²) >= 11 is 0.